The van der Waals surface area contributed by atoms with Crippen molar-refractivity contribution >= 4 is 16.7 Å². The lowest BCUT2D eigenvalue weighted by Crippen LogP contribution is -2.31. The zero-order valence-electron chi connectivity index (χ0n) is 13.0. The number of rotatable bonds is 8. The molecule has 4 heteroatoms. The van der Waals surface area contributed by atoms with E-state index in [9.17, 15) is 4.79 Å². The normalized spacial score (nSPS) is 12.1. The van der Waals surface area contributed by atoms with Gasteiger partial charge in [0.25, 0.3) is 0 Å². The van der Waals surface area contributed by atoms with Gasteiger partial charge in [-0.1, -0.05) is 43.3 Å². The molecular weight excluding hydrogens is 276 g/mol. The molecular formula is C18H24N2O2. The molecule has 1 amide bonds. The van der Waals surface area contributed by atoms with Crippen LogP contribution in [0.5, 0.6) is 5.75 Å². The maximum atomic E-state index is 11.7. The SMILES string of the molecule is CC(CN)CNC(=O)CCCOc1cccc2ccccc12. The molecule has 0 aliphatic carbocycles. The third-order valence-corrected chi connectivity index (χ3v) is 3.61. The van der Waals surface area contributed by atoms with Gasteiger partial charge in [0.05, 0.1) is 6.61 Å². The highest BCUT2D eigenvalue weighted by Crippen LogP contribution is 2.25. The molecule has 0 fully saturated rings. The van der Waals surface area contributed by atoms with Gasteiger partial charge in [0, 0.05) is 18.4 Å². The Morgan fingerprint density at radius 2 is 2.00 bits per heavy atom. The van der Waals surface area contributed by atoms with E-state index in [0.29, 0.717) is 38.5 Å². The molecule has 0 spiro atoms. The second kappa shape index (κ2) is 8.39. The van der Waals surface area contributed by atoms with E-state index < -0.39 is 0 Å². The molecule has 0 heterocycles. The van der Waals surface area contributed by atoms with Crippen molar-refractivity contribution < 1.29 is 9.53 Å². The molecule has 1 atom stereocenters. The summed E-state index contributed by atoms with van der Waals surface area (Å²) in [5, 5.41) is 5.15. The molecule has 0 saturated carbocycles. The zero-order valence-corrected chi connectivity index (χ0v) is 13.0. The fourth-order valence-electron chi connectivity index (χ4n) is 2.20. The standard InChI is InChI=1S/C18H24N2O2/c1-14(12-19)13-20-18(21)10-5-11-22-17-9-4-7-15-6-2-3-8-16(15)17/h2-4,6-9,14H,5,10-13,19H2,1H3,(H,20,21). The Morgan fingerprint density at radius 3 is 2.82 bits per heavy atom. The number of fused-ring (bicyclic) bond motifs is 1. The Balaban J connectivity index is 1.75. The molecule has 4 nitrogen and oxygen atoms in total. The van der Waals surface area contributed by atoms with Gasteiger partial charge in [0.15, 0.2) is 0 Å². The van der Waals surface area contributed by atoms with E-state index in [4.69, 9.17) is 10.5 Å². The van der Waals surface area contributed by atoms with Crippen molar-refractivity contribution in [3.05, 3.63) is 42.5 Å². The van der Waals surface area contributed by atoms with Crippen molar-refractivity contribution in [2.45, 2.75) is 19.8 Å². The van der Waals surface area contributed by atoms with E-state index in [1.165, 1.54) is 0 Å². The first-order valence-corrected chi connectivity index (χ1v) is 7.78. The van der Waals surface area contributed by atoms with Crippen LogP contribution in [-0.2, 0) is 4.79 Å². The van der Waals surface area contributed by atoms with Gasteiger partial charge >= 0.3 is 0 Å². The molecule has 0 aliphatic heterocycles. The predicted octanol–water partition coefficient (Wildman–Crippen LogP) is 2.71. The summed E-state index contributed by atoms with van der Waals surface area (Å²) in [6.45, 7) is 3.78. The molecule has 0 aromatic heterocycles. The Morgan fingerprint density at radius 1 is 1.23 bits per heavy atom. The van der Waals surface area contributed by atoms with Crippen molar-refractivity contribution in [2.24, 2.45) is 11.7 Å². The molecule has 22 heavy (non-hydrogen) atoms. The molecule has 2 rings (SSSR count). The van der Waals surface area contributed by atoms with E-state index in [2.05, 4.69) is 17.4 Å². The molecule has 118 valence electrons. The molecule has 0 aliphatic rings. The molecule has 0 radical (unpaired) electrons. The molecule has 2 aromatic carbocycles. The van der Waals surface area contributed by atoms with Crippen LogP contribution in [0.2, 0.25) is 0 Å². The number of benzene rings is 2. The molecule has 2 aromatic rings. The highest BCUT2D eigenvalue weighted by atomic mass is 16.5. The van der Waals surface area contributed by atoms with E-state index in [1.807, 2.05) is 37.3 Å². The van der Waals surface area contributed by atoms with Gasteiger partial charge in [0.1, 0.15) is 5.75 Å². The van der Waals surface area contributed by atoms with Crippen LogP contribution in [0.1, 0.15) is 19.8 Å². The van der Waals surface area contributed by atoms with Gasteiger partial charge in [-0.2, -0.15) is 0 Å². The van der Waals surface area contributed by atoms with Gasteiger partial charge in [-0.15, -0.1) is 0 Å². The first-order chi connectivity index (χ1) is 10.7. The highest BCUT2D eigenvalue weighted by molar-refractivity contribution is 5.88. The Bertz CT molecular complexity index is 608. The van der Waals surface area contributed by atoms with Crippen LogP contribution in [0.3, 0.4) is 0 Å². The van der Waals surface area contributed by atoms with Crippen molar-refractivity contribution in [3.63, 3.8) is 0 Å². The molecule has 0 bridgehead atoms. The number of carbonyl (C=O) groups is 1. The van der Waals surface area contributed by atoms with Crippen LogP contribution in [0.15, 0.2) is 42.5 Å². The molecule has 3 N–H and O–H groups in total. The minimum Gasteiger partial charge on any atom is -0.493 e. The van der Waals surface area contributed by atoms with Crippen LogP contribution in [0, 0.1) is 5.92 Å². The minimum atomic E-state index is 0.0572. The lowest BCUT2D eigenvalue weighted by Gasteiger charge is -2.11. The van der Waals surface area contributed by atoms with Gasteiger partial charge in [-0.25, -0.2) is 0 Å². The van der Waals surface area contributed by atoms with Gasteiger partial charge < -0.3 is 15.8 Å². The maximum Gasteiger partial charge on any atom is 0.220 e. The third kappa shape index (κ3) is 4.74. The van der Waals surface area contributed by atoms with Crippen LogP contribution < -0.4 is 15.8 Å². The van der Waals surface area contributed by atoms with Crippen LogP contribution in [0.4, 0.5) is 0 Å². The van der Waals surface area contributed by atoms with Crippen molar-refractivity contribution in [1.82, 2.24) is 5.32 Å². The number of hydrogen-bond donors (Lipinski definition) is 2. The summed E-state index contributed by atoms with van der Waals surface area (Å²) in [6.07, 6.45) is 1.17. The van der Waals surface area contributed by atoms with Crippen molar-refractivity contribution in [1.29, 1.82) is 0 Å². The van der Waals surface area contributed by atoms with E-state index in [-0.39, 0.29) is 5.91 Å². The van der Waals surface area contributed by atoms with Gasteiger partial charge in [0.2, 0.25) is 5.91 Å². The van der Waals surface area contributed by atoms with Crippen LogP contribution in [0.25, 0.3) is 10.8 Å². The molecule has 1 unspecified atom stereocenters. The fraction of sp³-hybridized carbons (Fsp3) is 0.389. The van der Waals surface area contributed by atoms with E-state index in [1.54, 1.807) is 0 Å². The van der Waals surface area contributed by atoms with Gasteiger partial charge in [-0.05, 0) is 30.3 Å². The summed E-state index contributed by atoms with van der Waals surface area (Å²) in [5.74, 6) is 1.24. The predicted molar refractivity (Wildman–Crippen MR) is 89.9 cm³/mol. The maximum absolute atomic E-state index is 11.7. The number of nitrogens with one attached hydrogen (secondary N) is 1. The number of nitrogens with two attached hydrogens (primary N) is 1. The Labute approximate surface area is 131 Å². The highest BCUT2D eigenvalue weighted by Gasteiger charge is 2.05. The number of hydrogen-bond acceptors (Lipinski definition) is 3. The lowest BCUT2D eigenvalue weighted by atomic mass is 10.1. The summed E-state index contributed by atoms with van der Waals surface area (Å²) in [6, 6.07) is 14.1. The summed E-state index contributed by atoms with van der Waals surface area (Å²) in [5.41, 5.74) is 5.52. The summed E-state index contributed by atoms with van der Waals surface area (Å²) < 4.78 is 5.82. The largest absolute Gasteiger partial charge is 0.493 e. The number of ether oxygens (including phenoxy) is 1. The Kier molecular flexibility index (Phi) is 6.22. The lowest BCUT2D eigenvalue weighted by molar-refractivity contribution is -0.121. The van der Waals surface area contributed by atoms with E-state index in [0.717, 1.165) is 16.5 Å². The summed E-state index contributed by atoms with van der Waals surface area (Å²) in [4.78, 5) is 11.7. The topological polar surface area (TPSA) is 64.3 Å². The van der Waals surface area contributed by atoms with Crippen molar-refractivity contribution in [2.75, 3.05) is 19.7 Å². The third-order valence-electron chi connectivity index (χ3n) is 3.61. The number of amides is 1. The summed E-state index contributed by atoms with van der Waals surface area (Å²) >= 11 is 0. The summed E-state index contributed by atoms with van der Waals surface area (Å²) in [7, 11) is 0. The number of carbonyl (C=O) groups excluding carboxylic acids is 1. The van der Waals surface area contributed by atoms with Gasteiger partial charge in [-0.3, -0.25) is 4.79 Å². The average Bonchev–Trinajstić information content (AvgIpc) is 2.56. The average molecular weight is 300 g/mol. The van der Waals surface area contributed by atoms with Crippen LogP contribution in [-0.4, -0.2) is 25.6 Å². The first kappa shape index (κ1) is 16.3. The smallest absolute Gasteiger partial charge is 0.220 e. The molecule has 0 saturated heterocycles. The first-order valence-electron chi connectivity index (χ1n) is 7.78. The van der Waals surface area contributed by atoms with Crippen molar-refractivity contribution in [3.8, 4) is 5.75 Å². The monoisotopic (exact) mass is 300 g/mol. The minimum absolute atomic E-state index is 0.0572. The Hall–Kier alpha value is -2.07. The second-order valence-corrected chi connectivity index (χ2v) is 5.57. The fourth-order valence-corrected chi connectivity index (χ4v) is 2.20. The van der Waals surface area contributed by atoms with E-state index >= 15 is 0 Å². The quantitative estimate of drug-likeness (QED) is 0.737. The second-order valence-electron chi connectivity index (χ2n) is 5.57. The van der Waals surface area contributed by atoms with Crippen LogP contribution >= 0.6 is 0 Å². The zero-order chi connectivity index (χ0) is 15.8.